The van der Waals surface area contributed by atoms with Crippen LogP contribution in [0.4, 0.5) is 11.5 Å². The van der Waals surface area contributed by atoms with Crippen LogP contribution in [-0.4, -0.2) is 36.5 Å². The van der Waals surface area contributed by atoms with Gasteiger partial charge in [0.05, 0.1) is 12.0 Å². The molecule has 1 heterocycles. The van der Waals surface area contributed by atoms with Crippen LogP contribution in [-0.2, 0) is 10.0 Å². The first-order valence-corrected chi connectivity index (χ1v) is 10.8. The molecule has 31 heavy (non-hydrogen) atoms. The zero-order chi connectivity index (χ0) is 22.4. The molecule has 0 fully saturated rings. The zero-order valence-corrected chi connectivity index (χ0v) is 18.3. The number of nitrogens with one attached hydrogen (secondary N) is 3. The molecule has 1 aromatic heterocycles. The summed E-state index contributed by atoms with van der Waals surface area (Å²) in [6.07, 6.45) is 2.73. The van der Waals surface area contributed by atoms with Crippen molar-refractivity contribution in [2.24, 2.45) is 0 Å². The van der Waals surface area contributed by atoms with Crippen LogP contribution in [0.2, 0.25) is 0 Å². The number of methoxy groups -OCH3 is 1. The molecule has 0 saturated carbocycles. The van der Waals surface area contributed by atoms with Gasteiger partial charge in [-0.2, -0.15) is 0 Å². The highest BCUT2D eigenvalue weighted by Gasteiger charge is 2.18. The quantitative estimate of drug-likeness (QED) is 0.483. The molecule has 3 rings (SSSR count). The van der Waals surface area contributed by atoms with Crippen molar-refractivity contribution in [3.8, 4) is 5.88 Å². The van der Waals surface area contributed by atoms with Crippen LogP contribution in [0.25, 0.3) is 0 Å². The summed E-state index contributed by atoms with van der Waals surface area (Å²) in [6, 6.07) is 12.9. The third kappa shape index (κ3) is 5.74. The van der Waals surface area contributed by atoms with Crippen LogP contribution >= 0.6 is 12.2 Å². The fraction of sp³-hybridized carbons (Fsp3) is 0.100. The molecule has 160 valence electrons. The van der Waals surface area contributed by atoms with E-state index in [1.807, 2.05) is 13.0 Å². The normalized spacial score (nSPS) is 10.8. The Balaban J connectivity index is 1.65. The van der Waals surface area contributed by atoms with Gasteiger partial charge in [0.15, 0.2) is 5.11 Å². The number of thiocarbonyl (C=S) groups is 1. The molecule has 1 amide bonds. The fourth-order valence-electron chi connectivity index (χ4n) is 2.57. The van der Waals surface area contributed by atoms with Crippen LogP contribution in [0.5, 0.6) is 5.88 Å². The first kappa shape index (κ1) is 22.1. The van der Waals surface area contributed by atoms with Gasteiger partial charge in [0.1, 0.15) is 0 Å². The summed E-state index contributed by atoms with van der Waals surface area (Å²) in [7, 11) is -2.55. The van der Waals surface area contributed by atoms with Crippen molar-refractivity contribution in [1.29, 1.82) is 0 Å². The molecule has 0 bridgehead atoms. The largest absolute Gasteiger partial charge is 0.478 e. The number of rotatable bonds is 6. The van der Waals surface area contributed by atoms with Crippen molar-refractivity contribution in [1.82, 2.24) is 15.3 Å². The van der Waals surface area contributed by atoms with E-state index in [1.54, 1.807) is 18.2 Å². The Morgan fingerprint density at radius 2 is 1.77 bits per heavy atom. The van der Waals surface area contributed by atoms with E-state index >= 15 is 0 Å². The molecule has 11 heteroatoms. The average molecular weight is 458 g/mol. The van der Waals surface area contributed by atoms with Gasteiger partial charge in [-0.25, -0.2) is 18.4 Å². The lowest BCUT2D eigenvalue weighted by Gasteiger charge is -2.12. The van der Waals surface area contributed by atoms with E-state index in [4.69, 9.17) is 17.0 Å². The highest BCUT2D eigenvalue weighted by Crippen LogP contribution is 2.22. The van der Waals surface area contributed by atoms with Crippen LogP contribution in [0.3, 0.4) is 0 Å². The van der Waals surface area contributed by atoms with Crippen LogP contribution in [0.15, 0.2) is 65.8 Å². The van der Waals surface area contributed by atoms with Gasteiger partial charge >= 0.3 is 0 Å². The average Bonchev–Trinajstić information content (AvgIpc) is 2.74. The van der Waals surface area contributed by atoms with Gasteiger partial charge in [0, 0.05) is 23.6 Å². The summed E-state index contributed by atoms with van der Waals surface area (Å²) in [6.45, 7) is 1.89. The zero-order valence-electron chi connectivity index (χ0n) is 16.6. The van der Waals surface area contributed by atoms with Crippen molar-refractivity contribution in [2.45, 2.75) is 11.8 Å². The Labute approximate surface area is 184 Å². The number of aromatic nitrogens is 2. The van der Waals surface area contributed by atoms with E-state index < -0.39 is 10.0 Å². The summed E-state index contributed by atoms with van der Waals surface area (Å²) in [4.78, 5) is 20.1. The lowest BCUT2D eigenvalue weighted by atomic mass is 10.1. The highest BCUT2D eigenvalue weighted by molar-refractivity contribution is 7.92. The molecule has 0 aliphatic rings. The molecule has 0 atom stereocenters. The van der Waals surface area contributed by atoms with Gasteiger partial charge in [0.2, 0.25) is 5.82 Å². The monoisotopic (exact) mass is 457 g/mol. The second-order valence-corrected chi connectivity index (χ2v) is 8.41. The number of aryl methyl sites for hydroxylation is 1. The van der Waals surface area contributed by atoms with Gasteiger partial charge in [-0.05, 0) is 55.5 Å². The van der Waals surface area contributed by atoms with Crippen molar-refractivity contribution in [3.05, 3.63) is 72.1 Å². The van der Waals surface area contributed by atoms with E-state index in [0.29, 0.717) is 11.3 Å². The maximum atomic E-state index is 12.6. The minimum absolute atomic E-state index is 0.000436. The number of anilines is 2. The van der Waals surface area contributed by atoms with Crippen molar-refractivity contribution < 1.29 is 17.9 Å². The van der Waals surface area contributed by atoms with E-state index in [-0.39, 0.29) is 27.6 Å². The van der Waals surface area contributed by atoms with Crippen LogP contribution < -0.4 is 20.1 Å². The summed E-state index contributed by atoms with van der Waals surface area (Å²) in [5.41, 5.74) is 1.94. The maximum absolute atomic E-state index is 12.6. The number of sulfonamides is 1. The number of ether oxygens (including phenoxy) is 1. The molecule has 0 unspecified atom stereocenters. The van der Waals surface area contributed by atoms with E-state index in [1.165, 1.54) is 43.8 Å². The lowest BCUT2D eigenvalue weighted by molar-refractivity contribution is 0.0977. The van der Waals surface area contributed by atoms with Gasteiger partial charge in [-0.15, -0.1) is 0 Å². The Kier molecular flexibility index (Phi) is 6.78. The summed E-state index contributed by atoms with van der Waals surface area (Å²) in [5, 5.41) is 5.52. The number of benzene rings is 2. The number of hydrogen-bond acceptors (Lipinski definition) is 7. The molecule has 2 aromatic carbocycles. The van der Waals surface area contributed by atoms with Crippen molar-refractivity contribution >= 4 is 44.8 Å². The Morgan fingerprint density at radius 1 is 1.06 bits per heavy atom. The summed E-state index contributed by atoms with van der Waals surface area (Å²) < 4.78 is 32.5. The number of carbonyl (C=O) groups is 1. The number of hydrogen-bond donors (Lipinski definition) is 3. The van der Waals surface area contributed by atoms with E-state index in [2.05, 4.69) is 25.3 Å². The fourth-order valence-corrected chi connectivity index (χ4v) is 3.79. The predicted octanol–water partition coefficient (Wildman–Crippen LogP) is 2.72. The molecule has 3 aromatic rings. The first-order valence-electron chi connectivity index (χ1n) is 8.95. The van der Waals surface area contributed by atoms with Crippen molar-refractivity contribution in [3.63, 3.8) is 0 Å². The van der Waals surface area contributed by atoms with Gasteiger partial charge in [-0.3, -0.25) is 14.8 Å². The van der Waals surface area contributed by atoms with E-state index in [0.717, 1.165) is 5.56 Å². The molecule has 0 saturated heterocycles. The van der Waals surface area contributed by atoms with Crippen LogP contribution in [0, 0.1) is 6.92 Å². The Bertz CT molecular complexity index is 1210. The second-order valence-electron chi connectivity index (χ2n) is 6.32. The highest BCUT2D eigenvalue weighted by atomic mass is 32.2. The minimum Gasteiger partial charge on any atom is -0.478 e. The SMILES string of the molecule is COc1nccnc1NS(=O)(=O)c1ccc(NC(=S)NC(=O)c2cccc(C)c2)cc1. The first-order chi connectivity index (χ1) is 14.8. The molecular weight excluding hydrogens is 438 g/mol. The number of carbonyl (C=O) groups excluding carboxylic acids is 1. The molecule has 3 N–H and O–H groups in total. The lowest BCUT2D eigenvalue weighted by Crippen LogP contribution is -2.34. The molecule has 9 nitrogen and oxygen atoms in total. The molecule has 0 radical (unpaired) electrons. The maximum Gasteiger partial charge on any atom is 0.263 e. The smallest absolute Gasteiger partial charge is 0.263 e. The number of amides is 1. The molecular formula is C20H19N5O4S2. The minimum atomic E-state index is -3.91. The summed E-state index contributed by atoms with van der Waals surface area (Å²) >= 11 is 5.16. The topological polar surface area (TPSA) is 122 Å². The standard InChI is InChI=1S/C20H19N5O4S2/c1-13-4-3-5-14(12-13)18(26)24-20(30)23-15-6-8-16(9-7-15)31(27,28)25-17-19(29-2)22-11-10-21-17/h3-12H,1-2H3,(H,21,25)(H2,23,24,26,30). The Morgan fingerprint density at radius 3 is 2.45 bits per heavy atom. The third-order valence-corrected chi connectivity index (χ3v) is 5.58. The van der Waals surface area contributed by atoms with E-state index in [9.17, 15) is 13.2 Å². The van der Waals surface area contributed by atoms with Gasteiger partial charge < -0.3 is 10.1 Å². The van der Waals surface area contributed by atoms with Gasteiger partial charge in [0.25, 0.3) is 21.8 Å². The number of nitrogens with zero attached hydrogens (tertiary/aromatic N) is 2. The van der Waals surface area contributed by atoms with Gasteiger partial charge in [-0.1, -0.05) is 17.7 Å². The third-order valence-electron chi connectivity index (χ3n) is 4.02. The Hall–Kier alpha value is -3.57. The molecule has 0 aliphatic carbocycles. The molecule has 0 spiro atoms. The predicted molar refractivity (Wildman–Crippen MR) is 121 cm³/mol. The van der Waals surface area contributed by atoms with Crippen LogP contribution in [0.1, 0.15) is 15.9 Å². The second kappa shape index (κ2) is 9.49. The van der Waals surface area contributed by atoms with Crippen molar-refractivity contribution in [2.75, 3.05) is 17.1 Å². The molecule has 0 aliphatic heterocycles. The summed E-state index contributed by atoms with van der Waals surface area (Å²) in [5.74, 6) is -0.311.